The minimum absolute atomic E-state index is 0.103. The zero-order valence-corrected chi connectivity index (χ0v) is 12.2. The van der Waals surface area contributed by atoms with E-state index in [1.54, 1.807) is 36.6 Å². The van der Waals surface area contributed by atoms with Crippen molar-refractivity contribution in [2.75, 3.05) is 12.5 Å². The van der Waals surface area contributed by atoms with E-state index in [1.807, 2.05) is 0 Å². The first-order valence-corrected chi connectivity index (χ1v) is 6.69. The van der Waals surface area contributed by atoms with Gasteiger partial charge in [0.2, 0.25) is 0 Å². The molecule has 0 bridgehead atoms. The summed E-state index contributed by atoms with van der Waals surface area (Å²) in [5, 5.41) is 14.1. The molecule has 0 heterocycles. The van der Waals surface area contributed by atoms with Gasteiger partial charge >= 0.3 is 0 Å². The number of nitrogens with zero attached hydrogens (tertiary/aromatic N) is 1. The molecule has 5 heteroatoms. The maximum atomic E-state index is 12.8. The number of phenols is 1. The number of benzene rings is 2. The second-order valence-corrected chi connectivity index (χ2v) is 4.60. The van der Waals surface area contributed by atoms with Gasteiger partial charge in [-0.3, -0.25) is 5.43 Å². The van der Waals surface area contributed by atoms with E-state index < -0.39 is 0 Å². The van der Waals surface area contributed by atoms with Crippen LogP contribution in [0.5, 0.6) is 11.5 Å². The van der Waals surface area contributed by atoms with Gasteiger partial charge in [0.05, 0.1) is 19.0 Å². The van der Waals surface area contributed by atoms with Crippen molar-refractivity contribution in [3.8, 4) is 11.5 Å². The van der Waals surface area contributed by atoms with Gasteiger partial charge in [0, 0.05) is 5.56 Å². The van der Waals surface area contributed by atoms with E-state index in [-0.39, 0.29) is 11.6 Å². The maximum Gasteiger partial charge on any atom is 0.161 e. The lowest BCUT2D eigenvalue weighted by Crippen LogP contribution is -1.95. The van der Waals surface area contributed by atoms with Crippen LogP contribution in [0, 0.1) is 5.82 Å². The first kappa shape index (κ1) is 15.6. The number of nitrogens with one attached hydrogen (secondary N) is 1. The molecule has 0 fully saturated rings. The van der Waals surface area contributed by atoms with Crippen LogP contribution < -0.4 is 10.2 Å². The van der Waals surface area contributed by atoms with Crippen molar-refractivity contribution in [2.24, 2.45) is 5.10 Å². The molecule has 2 rings (SSSR count). The highest BCUT2D eigenvalue weighted by atomic mass is 19.1. The Morgan fingerprint density at radius 3 is 2.68 bits per heavy atom. The summed E-state index contributed by atoms with van der Waals surface area (Å²) in [6.07, 6.45) is 3.82. The molecule has 0 amide bonds. The van der Waals surface area contributed by atoms with Crippen molar-refractivity contribution in [3.05, 3.63) is 66.0 Å². The van der Waals surface area contributed by atoms with Gasteiger partial charge in [-0.1, -0.05) is 6.08 Å². The number of hydrazone groups is 1. The number of allylic oxidation sites excluding steroid dienone is 1. The predicted octanol–water partition coefficient (Wildman–Crippen LogP) is 3.71. The Morgan fingerprint density at radius 2 is 2.05 bits per heavy atom. The molecule has 0 unspecified atom stereocenters. The van der Waals surface area contributed by atoms with Crippen LogP contribution in [0.25, 0.3) is 0 Å². The molecule has 0 aliphatic carbocycles. The predicted molar refractivity (Wildman–Crippen MR) is 86.2 cm³/mol. The molecule has 22 heavy (non-hydrogen) atoms. The van der Waals surface area contributed by atoms with Crippen molar-refractivity contribution >= 4 is 11.9 Å². The molecular formula is C17H17FN2O2. The van der Waals surface area contributed by atoms with E-state index in [0.717, 1.165) is 5.56 Å². The van der Waals surface area contributed by atoms with Gasteiger partial charge in [0.25, 0.3) is 0 Å². The van der Waals surface area contributed by atoms with Crippen molar-refractivity contribution in [3.63, 3.8) is 0 Å². The Balaban J connectivity index is 2.17. The summed E-state index contributed by atoms with van der Waals surface area (Å²) in [5.41, 5.74) is 4.95. The van der Waals surface area contributed by atoms with Crippen molar-refractivity contribution < 1.29 is 14.2 Å². The third-order valence-electron chi connectivity index (χ3n) is 3.01. The van der Waals surface area contributed by atoms with Gasteiger partial charge in [-0.15, -0.1) is 6.58 Å². The SMILES string of the molecule is C=CCc1cc(C=NNc2ccc(F)cc2)cc(OC)c1O. The van der Waals surface area contributed by atoms with Gasteiger partial charge in [-0.05, 0) is 48.4 Å². The van der Waals surface area contributed by atoms with E-state index >= 15 is 0 Å². The molecule has 0 saturated carbocycles. The topological polar surface area (TPSA) is 53.9 Å². The monoisotopic (exact) mass is 300 g/mol. The summed E-state index contributed by atoms with van der Waals surface area (Å²) in [4.78, 5) is 0. The van der Waals surface area contributed by atoms with Gasteiger partial charge in [0.15, 0.2) is 11.5 Å². The van der Waals surface area contributed by atoms with Crippen LogP contribution in [0.2, 0.25) is 0 Å². The molecule has 2 aromatic carbocycles. The highest BCUT2D eigenvalue weighted by Crippen LogP contribution is 2.31. The number of aromatic hydroxyl groups is 1. The third-order valence-corrected chi connectivity index (χ3v) is 3.01. The fourth-order valence-corrected chi connectivity index (χ4v) is 1.94. The van der Waals surface area contributed by atoms with Crippen molar-refractivity contribution in [2.45, 2.75) is 6.42 Å². The van der Waals surface area contributed by atoms with E-state index in [2.05, 4.69) is 17.1 Å². The van der Waals surface area contributed by atoms with Gasteiger partial charge < -0.3 is 9.84 Å². The second kappa shape index (κ2) is 7.26. The van der Waals surface area contributed by atoms with E-state index in [1.165, 1.54) is 19.2 Å². The lowest BCUT2D eigenvalue weighted by molar-refractivity contribution is 0.371. The molecule has 2 aromatic rings. The highest BCUT2D eigenvalue weighted by molar-refractivity contribution is 5.82. The molecule has 0 aromatic heterocycles. The summed E-state index contributed by atoms with van der Waals surface area (Å²) >= 11 is 0. The zero-order chi connectivity index (χ0) is 15.9. The van der Waals surface area contributed by atoms with E-state index in [9.17, 15) is 9.50 Å². The molecular weight excluding hydrogens is 283 g/mol. The summed E-state index contributed by atoms with van der Waals surface area (Å²) < 4.78 is 17.9. The fourth-order valence-electron chi connectivity index (χ4n) is 1.94. The minimum atomic E-state index is -0.299. The largest absolute Gasteiger partial charge is 0.504 e. The number of methoxy groups -OCH3 is 1. The Bertz CT molecular complexity index is 682. The normalized spacial score (nSPS) is 10.6. The standard InChI is InChI=1S/C17H17FN2O2/c1-3-4-13-9-12(10-16(22-2)17(13)21)11-19-20-15-7-5-14(18)6-8-15/h3,5-11,20-21H,1,4H2,2H3. The van der Waals surface area contributed by atoms with Crippen LogP contribution in [-0.4, -0.2) is 18.4 Å². The molecule has 0 spiro atoms. The fraction of sp³-hybridized carbons (Fsp3) is 0.118. The highest BCUT2D eigenvalue weighted by Gasteiger charge is 2.08. The quantitative estimate of drug-likeness (QED) is 0.486. The first-order valence-electron chi connectivity index (χ1n) is 6.69. The summed E-state index contributed by atoms with van der Waals surface area (Å²) in [6, 6.07) is 9.36. The molecule has 4 nitrogen and oxygen atoms in total. The average Bonchev–Trinajstić information content (AvgIpc) is 2.52. The van der Waals surface area contributed by atoms with Crippen LogP contribution >= 0.6 is 0 Å². The molecule has 0 aliphatic rings. The van der Waals surface area contributed by atoms with E-state index in [4.69, 9.17) is 4.74 Å². The lowest BCUT2D eigenvalue weighted by Gasteiger charge is -2.09. The van der Waals surface area contributed by atoms with Crippen LogP contribution in [0.3, 0.4) is 0 Å². The third kappa shape index (κ3) is 3.85. The minimum Gasteiger partial charge on any atom is -0.504 e. The summed E-state index contributed by atoms with van der Waals surface area (Å²) in [5.74, 6) is 0.181. The number of rotatable bonds is 6. The number of anilines is 1. The maximum absolute atomic E-state index is 12.8. The van der Waals surface area contributed by atoms with Crippen LogP contribution in [0.1, 0.15) is 11.1 Å². The number of phenolic OH excluding ortho intramolecular Hbond substituents is 1. The van der Waals surface area contributed by atoms with Gasteiger partial charge in [0.1, 0.15) is 5.82 Å². The van der Waals surface area contributed by atoms with Crippen molar-refractivity contribution in [1.82, 2.24) is 0 Å². The zero-order valence-electron chi connectivity index (χ0n) is 12.2. The van der Waals surface area contributed by atoms with Crippen molar-refractivity contribution in [1.29, 1.82) is 0 Å². The first-order chi connectivity index (χ1) is 10.6. The Morgan fingerprint density at radius 1 is 1.32 bits per heavy atom. The smallest absolute Gasteiger partial charge is 0.161 e. The van der Waals surface area contributed by atoms with Crippen LogP contribution in [0.4, 0.5) is 10.1 Å². The summed E-state index contributed by atoms with van der Waals surface area (Å²) in [6.45, 7) is 3.66. The van der Waals surface area contributed by atoms with Crippen LogP contribution in [-0.2, 0) is 6.42 Å². The van der Waals surface area contributed by atoms with Crippen LogP contribution in [0.15, 0.2) is 54.2 Å². The molecule has 0 saturated heterocycles. The molecule has 0 radical (unpaired) electrons. The Labute approximate surface area is 128 Å². The molecule has 0 atom stereocenters. The lowest BCUT2D eigenvalue weighted by atomic mass is 10.1. The second-order valence-electron chi connectivity index (χ2n) is 4.60. The molecule has 0 aliphatic heterocycles. The van der Waals surface area contributed by atoms with Gasteiger partial charge in [-0.2, -0.15) is 5.10 Å². The number of hydrogen-bond acceptors (Lipinski definition) is 4. The number of halogens is 1. The average molecular weight is 300 g/mol. The summed E-state index contributed by atoms with van der Waals surface area (Å²) in [7, 11) is 1.49. The van der Waals surface area contributed by atoms with Gasteiger partial charge in [-0.25, -0.2) is 4.39 Å². The number of ether oxygens (including phenoxy) is 1. The Kier molecular flexibility index (Phi) is 5.14. The number of hydrogen-bond donors (Lipinski definition) is 2. The Hall–Kier alpha value is -2.82. The molecule has 2 N–H and O–H groups in total. The van der Waals surface area contributed by atoms with E-state index in [0.29, 0.717) is 23.4 Å². The molecule has 114 valence electrons.